The standard InChI is InChI=1S/C21H28N4O2S/c1-15(2)22-19(26)14-24-9-11-25(12-10-24)20(27)13-18-16(3)28-21(23-18)17-7-5-4-6-8-17/h4-8,15H,9-14H2,1-3H3,(H,22,26). The zero-order valence-electron chi connectivity index (χ0n) is 16.8. The van der Waals surface area contributed by atoms with Crippen LogP contribution in [0.2, 0.25) is 0 Å². The summed E-state index contributed by atoms with van der Waals surface area (Å²) in [5.74, 6) is 0.153. The number of carbonyl (C=O) groups is 2. The summed E-state index contributed by atoms with van der Waals surface area (Å²) in [6.07, 6.45) is 0.336. The summed E-state index contributed by atoms with van der Waals surface area (Å²) in [4.78, 5) is 34.4. The maximum Gasteiger partial charge on any atom is 0.234 e. The number of aromatic nitrogens is 1. The summed E-state index contributed by atoms with van der Waals surface area (Å²) < 4.78 is 0. The monoisotopic (exact) mass is 400 g/mol. The van der Waals surface area contributed by atoms with Crippen LogP contribution in [0.15, 0.2) is 30.3 Å². The van der Waals surface area contributed by atoms with Crippen LogP contribution in [-0.2, 0) is 16.0 Å². The van der Waals surface area contributed by atoms with Gasteiger partial charge in [-0.05, 0) is 20.8 Å². The Balaban J connectivity index is 1.52. The van der Waals surface area contributed by atoms with Crippen molar-refractivity contribution in [1.82, 2.24) is 20.1 Å². The zero-order valence-corrected chi connectivity index (χ0v) is 17.6. The molecule has 1 aromatic carbocycles. The molecule has 6 nitrogen and oxygen atoms in total. The normalized spacial score (nSPS) is 15.1. The second kappa shape index (κ2) is 9.30. The van der Waals surface area contributed by atoms with E-state index in [1.165, 1.54) is 0 Å². The third-order valence-electron chi connectivity index (χ3n) is 4.77. The van der Waals surface area contributed by atoms with Gasteiger partial charge in [0.2, 0.25) is 11.8 Å². The molecule has 28 heavy (non-hydrogen) atoms. The molecule has 0 unspecified atom stereocenters. The first-order valence-electron chi connectivity index (χ1n) is 9.73. The first kappa shape index (κ1) is 20.5. The number of rotatable bonds is 6. The van der Waals surface area contributed by atoms with E-state index in [9.17, 15) is 9.59 Å². The van der Waals surface area contributed by atoms with Crippen molar-refractivity contribution in [1.29, 1.82) is 0 Å². The summed E-state index contributed by atoms with van der Waals surface area (Å²) in [6.45, 7) is 9.09. The molecule has 2 amide bonds. The molecule has 1 N–H and O–H groups in total. The molecule has 1 saturated heterocycles. The Hall–Kier alpha value is -2.25. The van der Waals surface area contributed by atoms with E-state index in [-0.39, 0.29) is 17.9 Å². The van der Waals surface area contributed by atoms with Crippen molar-refractivity contribution < 1.29 is 9.59 Å². The van der Waals surface area contributed by atoms with Gasteiger partial charge in [0.05, 0.1) is 18.7 Å². The van der Waals surface area contributed by atoms with Crippen LogP contribution in [-0.4, -0.2) is 65.4 Å². The van der Waals surface area contributed by atoms with Crippen molar-refractivity contribution in [2.45, 2.75) is 33.2 Å². The first-order valence-corrected chi connectivity index (χ1v) is 10.5. The average Bonchev–Trinajstić information content (AvgIpc) is 3.03. The average molecular weight is 401 g/mol. The molecule has 150 valence electrons. The Morgan fingerprint density at radius 2 is 1.82 bits per heavy atom. The molecular formula is C21H28N4O2S. The van der Waals surface area contributed by atoms with Gasteiger partial charge in [0.25, 0.3) is 0 Å². The van der Waals surface area contributed by atoms with Gasteiger partial charge in [-0.1, -0.05) is 30.3 Å². The molecule has 0 saturated carbocycles. The van der Waals surface area contributed by atoms with E-state index in [0.717, 1.165) is 34.2 Å². The number of piperazine rings is 1. The largest absolute Gasteiger partial charge is 0.353 e. The Bertz CT molecular complexity index is 811. The third-order valence-corrected chi connectivity index (χ3v) is 5.84. The van der Waals surface area contributed by atoms with E-state index in [1.54, 1.807) is 11.3 Å². The Labute approximate surface area is 170 Å². The van der Waals surface area contributed by atoms with Gasteiger partial charge in [-0.2, -0.15) is 0 Å². The van der Waals surface area contributed by atoms with Crippen LogP contribution in [0, 0.1) is 6.92 Å². The Kier molecular flexibility index (Phi) is 6.80. The van der Waals surface area contributed by atoms with E-state index in [0.29, 0.717) is 26.1 Å². The number of benzene rings is 1. The van der Waals surface area contributed by atoms with Crippen LogP contribution in [0.5, 0.6) is 0 Å². The molecule has 0 atom stereocenters. The van der Waals surface area contributed by atoms with E-state index in [2.05, 4.69) is 10.2 Å². The molecule has 0 bridgehead atoms. The molecule has 7 heteroatoms. The minimum absolute atomic E-state index is 0.0429. The van der Waals surface area contributed by atoms with Gasteiger partial charge in [-0.25, -0.2) is 4.98 Å². The molecule has 1 aliphatic heterocycles. The van der Waals surface area contributed by atoms with Crippen molar-refractivity contribution in [3.63, 3.8) is 0 Å². The number of amides is 2. The van der Waals surface area contributed by atoms with Crippen LogP contribution in [0.4, 0.5) is 0 Å². The van der Waals surface area contributed by atoms with E-state index in [1.807, 2.05) is 56.0 Å². The highest BCUT2D eigenvalue weighted by Crippen LogP contribution is 2.27. The highest BCUT2D eigenvalue weighted by molar-refractivity contribution is 7.15. The quantitative estimate of drug-likeness (QED) is 0.808. The molecule has 0 aliphatic carbocycles. The molecule has 2 heterocycles. The van der Waals surface area contributed by atoms with E-state index in [4.69, 9.17) is 4.98 Å². The lowest BCUT2D eigenvalue weighted by atomic mass is 10.2. The molecule has 1 aliphatic rings. The number of hydrogen-bond acceptors (Lipinski definition) is 5. The van der Waals surface area contributed by atoms with Gasteiger partial charge in [-0.15, -0.1) is 11.3 Å². The number of nitrogens with one attached hydrogen (secondary N) is 1. The summed E-state index contributed by atoms with van der Waals surface area (Å²) in [5, 5.41) is 3.87. The lowest BCUT2D eigenvalue weighted by molar-refractivity contribution is -0.132. The number of aryl methyl sites for hydroxylation is 1. The highest BCUT2D eigenvalue weighted by Gasteiger charge is 2.24. The molecule has 3 rings (SSSR count). The Morgan fingerprint density at radius 3 is 2.46 bits per heavy atom. The maximum absolute atomic E-state index is 12.7. The van der Waals surface area contributed by atoms with Crippen molar-refractivity contribution in [3.05, 3.63) is 40.9 Å². The summed E-state index contributed by atoms with van der Waals surface area (Å²) in [6, 6.07) is 10.2. The smallest absolute Gasteiger partial charge is 0.234 e. The van der Waals surface area contributed by atoms with Gasteiger partial charge in [0.15, 0.2) is 0 Å². The van der Waals surface area contributed by atoms with Crippen LogP contribution in [0.25, 0.3) is 10.6 Å². The van der Waals surface area contributed by atoms with Crippen molar-refractivity contribution in [2.75, 3.05) is 32.7 Å². The fraction of sp³-hybridized carbons (Fsp3) is 0.476. The number of hydrogen-bond donors (Lipinski definition) is 1. The van der Waals surface area contributed by atoms with Gasteiger partial charge in [-0.3, -0.25) is 14.5 Å². The summed E-state index contributed by atoms with van der Waals surface area (Å²) >= 11 is 1.63. The Morgan fingerprint density at radius 1 is 1.14 bits per heavy atom. The summed E-state index contributed by atoms with van der Waals surface area (Å²) in [7, 11) is 0. The predicted molar refractivity (Wildman–Crippen MR) is 112 cm³/mol. The van der Waals surface area contributed by atoms with Gasteiger partial charge in [0, 0.05) is 42.7 Å². The number of carbonyl (C=O) groups excluding carboxylic acids is 2. The fourth-order valence-electron chi connectivity index (χ4n) is 3.28. The topological polar surface area (TPSA) is 65.5 Å². The fourth-order valence-corrected chi connectivity index (χ4v) is 4.21. The lowest BCUT2D eigenvalue weighted by Crippen LogP contribution is -2.51. The van der Waals surface area contributed by atoms with E-state index >= 15 is 0 Å². The van der Waals surface area contributed by atoms with Crippen LogP contribution in [0.1, 0.15) is 24.4 Å². The van der Waals surface area contributed by atoms with Crippen LogP contribution < -0.4 is 5.32 Å². The number of thiazole rings is 1. The highest BCUT2D eigenvalue weighted by atomic mass is 32.1. The summed E-state index contributed by atoms with van der Waals surface area (Å²) in [5.41, 5.74) is 1.95. The van der Waals surface area contributed by atoms with Crippen LogP contribution >= 0.6 is 11.3 Å². The van der Waals surface area contributed by atoms with E-state index < -0.39 is 0 Å². The second-order valence-corrected chi connectivity index (χ2v) is 8.65. The zero-order chi connectivity index (χ0) is 20.1. The van der Waals surface area contributed by atoms with Crippen molar-refractivity contribution in [3.8, 4) is 10.6 Å². The third kappa shape index (κ3) is 5.39. The molecule has 1 aromatic heterocycles. The van der Waals surface area contributed by atoms with Gasteiger partial charge >= 0.3 is 0 Å². The lowest BCUT2D eigenvalue weighted by Gasteiger charge is -2.34. The number of nitrogens with zero attached hydrogens (tertiary/aromatic N) is 3. The minimum atomic E-state index is 0.0429. The molecule has 0 spiro atoms. The van der Waals surface area contributed by atoms with Gasteiger partial charge in [0.1, 0.15) is 5.01 Å². The maximum atomic E-state index is 12.7. The SMILES string of the molecule is Cc1sc(-c2ccccc2)nc1CC(=O)N1CCN(CC(=O)NC(C)C)CC1. The van der Waals surface area contributed by atoms with Crippen molar-refractivity contribution >= 4 is 23.2 Å². The molecule has 1 fully saturated rings. The van der Waals surface area contributed by atoms with Gasteiger partial charge < -0.3 is 10.2 Å². The molecule has 0 radical (unpaired) electrons. The van der Waals surface area contributed by atoms with Crippen molar-refractivity contribution in [2.24, 2.45) is 0 Å². The molecular weight excluding hydrogens is 372 g/mol. The second-order valence-electron chi connectivity index (χ2n) is 7.44. The first-order chi connectivity index (χ1) is 13.4. The molecule has 2 aromatic rings. The predicted octanol–water partition coefficient (Wildman–Crippen LogP) is 2.33. The van der Waals surface area contributed by atoms with Crippen LogP contribution in [0.3, 0.4) is 0 Å². The minimum Gasteiger partial charge on any atom is -0.353 e.